The minimum atomic E-state index is 0.111. The second kappa shape index (κ2) is 8.74. The number of carbonyl (C=O) groups excluding carboxylic acids is 1. The first-order valence-electron chi connectivity index (χ1n) is 9.83. The van der Waals surface area contributed by atoms with Crippen molar-refractivity contribution >= 4 is 23.4 Å². The maximum Gasteiger partial charge on any atom is 0.237 e. The number of methoxy groups -OCH3 is 1. The van der Waals surface area contributed by atoms with E-state index in [2.05, 4.69) is 17.1 Å². The molecule has 0 radical (unpaired) electrons. The average molecular weight is 408 g/mol. The molecule has 0 spiro atoms. The summed E-state index contributed by atoms with van der Waals surface area (Å²) in [6, 6.07) is 16.3. The highest BCUT2D eigenvalue weighted by Gasteiger charge is 2.23. The van der Waals surface area contributed by atoms with Gasteiger partial charge >= 0.3 is 0 Å². The Balaban J connectivity index is 1.41. The van der Waals surface area contributed by atoms with Crippen molar-refractivity contribution in [2.45, 2.75) is 31.3 Å². The van der Waals surface area contributed by atoms with Gasteiger partial charge in [-0.2, -0.15) is 0 Å². The maximum atomic E-state index is 12.9. The van der Waals surface area contributed by atoms with Gasteiger partial charge in [0.15, 0.2) is 5.16 Å². The fourth-order valence-corrected chi connectivity index (χ4v) is 4.48. The first-order chi connectivity index (χ1) is 14.1. The number of hydrogen-bond donors (Lipinski definition) is 1. The van der Waals surface area contributed by atoms with Crippen molar-refractivity contribution in [2.24, 2.45) is 0 Å². The van der Waals surface area contributed by atoms with E-state index in [4.69, 9.17) is 9.72 Å². The van der Waals surface area contributed by atoms with Gasteiger partial charge in [-0.1, -0.05) is 42.1 Å². The Labute approximate surface area is 175 Å². The van der Waals surface area contributed by atoms with Crippen molar-refractivity contribution in [3.63, 3.8) is 0 Å². The summed E-state index contributed by atoms with van der Waals surface area (Å²) in [6.07, 6.45) is 2.74. The molecular formula is C23H25N3O2S. The van der Waals surface area contributed by atoms with E-state index < -0.39 is 0 Å². The topological polar surface area (TPSA) is 58.2 Å². The first kappa shape index (κ1) is 19.6. The molecule has 0 saturated carbocycles. The van der Waals surface area contributed by atoms with E-state index in [0.29, 0.717) is 5.75 Å². The van der Waals surface area contributed by atoms with Crippen molar-refractivity contribution in [1.82, 2.24) is 9.97 Å². The molecule has 1 amide bonds. The summed E-state index contributed by atoms with van der Waals surface area (Å²) < 4.78 is 5.32. The van der Waals surface area contributed by atoms with Gasteiger partial charge in [-0.3, -0.25) is 4.79 Å². The molecule has 1 aromatic heterocycles. The third kappa shape index (κ3) is 4.48. The Morgan fingerprint density at radius 1 is 1.24 bits per heavy atom. The maximum absolute atomic E-state index is 12.9. The smallest absolute Gasteiger partial charge is 0.237 e. The standard InChI is InChI=1S/C23H25N3O2S/c1-16-20(13-17-7-4-3-5-8-17)25-23(24-16)29-15-22(27)26-12-6-9-18-14-19(28-2)10-11-21(18)26/h3-5,7-8,10-11,14H,6,9,12-13,15H2,1-2H3,(H,24,25). The Hall–Kier alpha value is -2.73. The summed E-state index contributed by atoms with van der Waals surface area (Å²) in [7, 11) is 1.67. The van der Waals surface area contributed by atoms with Crippen molar-refractivity contribution in [1.29, 1.82) is 0 Å². The van der Waals surface area contributed by atoms with Gasteiger partial charge in [-0.25, -0.2) is 4.98 Å². The second-order valence-electron chi connectivity index (χ2n) is 7.21. The highest BCUT2D eigenvalue weighted by Crippen LogP contribution is 2.31. The van der Waals surface area contributed by atoms with Crippen LogP contribution in [-0.2, 0) is 17.6 Å². The fraction of sp³-hybridized carbons (Fsp3) is 0.304. The number of aryl methyl sites for hydroxylation is 2. The van der Waals surface area contributed by atoms with Gasteiger partial charge in [0.2, 0.25) is 5.91 Å². The van der Waals surface area contributed by atoms with Crippen LogP contribution in [0.2, 0.25) is 0 Å². The minimum absolute atomic E-state index is 0.111. The number of aromatic amines is 1. The second-order valence-corrected chi connectivity index (χ2v) is 8.17. The summed E-state index contributed by atoms with van der Waals surface area (Å²) in [4.78, 5) is 22.8. The highest BCUT2D eigenvalue weighted by molar-refractivity contribution is 7.99. The van der Waals surface area contributed by atoms with E-state index in [0.717, 1.165) is 53.8 Å². The van der Waals surface area contributed by atoms with Gasteiger partial charge in [0, 0.05) is 24.3 Å². The van der Waals surface area contributed by atoms with E-state index >= 15 is 0 Å². The number of nitrogens with zero attached hydrogens (tertiary/aromatic N) is 2. The molecular weight excluding hydrogens is 382 g/mol. The van der Waals surface area contributed by atoms with Crippen LogP contribution in [0, 0.1) is 6.92 Å². The van der Waals surface area contributed by atoms with Crippen molar-refractivity contribution in [2.75, 3.05) is 24.3 Å². The van der Waals surface area contributed by atoms with Crippen molar-refractivity contribution in [3.8, 4) is 5.75 Å². The van der Waals surface area contributed by atoms with Gasteiger partial charge in [0.05, 0.1) is 18.6 Å². The Morgan fingerprint density at radius 2 is 2.07 bits per heavy atom. The summed E-state index contributed by atoms with van der Waals surface area (Å²) in [5, 5.41) is 0.800. The van der Waals surface area contributed by atoms with Crippen LogP contribution in [0.5, 0.6) is 5.75 Å². The molecule has 2 heterocycles. The summed E-state index contributed by atoms with van der Waals surface area (Å²) in [5.41, 5.74) is 5.49. The molecule has 5 nitrogen and oxygen atoms in total. The molecule has 4 rings (SSSR count). The molecule has 150 valence electrons. The Morgan fingerprint density at radius 3 is 2.86 bits per heavy atom. The Bertz CT molecular complexity index is 1000. The third-order valence-corrected chi connectivity index (χ3v) is 6.07. The normalized spacial score (nSPS) is 13.2. The van der Waals surface area contributed by atoms with Gasteiger partial charge in [0.1, 0.15) is 5.75 Å². The number of ether oxygens (including phenoxy) is 1. The van der Waals surface area contributed by atoms with Gasteiger partial charge in [0.25, 0.3) is 0 Å². The average Bonchev–Trinajstić information content (AvgIpc) is 3.11. The molecule has 2 aromatic carbocycles. The molecule has 0 atom stereocenters. The number of H-pyrrole nitrogens is 1. The van der Waals surface area contributed by atoms with Gasteiger partial charge in [-0.15, -0.1) is 0 Å². The number of fused-ring (bicyclic) bond motifs is 1. The number of imidazole rings is 1. The molecule has 0 bridgehead atoms. The number of anilines is 1. The molecule has 0 aliphatic carbocycles. The van der Waals surface area contributed by atoms with E-state index in [-0.39, 0.29) is 5.91 Å². The lowest BCUT2D eigenvalue weighted by Gasteiger charge is -2.29. The lowest BCUT2D eigenvalue weighted by atomic mass is 10.0. The molecule has 6 heteroatoms. The zero-order chi connectivity index (χ0) is 20.2. The zero-order valence-corrected chi connectivity index (χ0v) is 17.6. The molecule has 1 N–H and O–H groups in total. The van der Waals surface area contributed by atoms with Crippen molar-refractivity contribution in [3.05, 3.63) is 71.0 Å². The SMILES string of the molecule is COc1ccc2c(c1)CCCN2C(=O)CSc1nc(Cc2ccccc2)c(C)[nH]1. The van der Waals surface area contributed by atoms with Crippen LogP contribution in [0.3, 0.4) is 0 Å². The lowest BCUT2D eigenvalue weighted by Crippen LogP contribution is -2.36. The molecule has 29 heavy (non-hydrogen) atoms. The number of hydrogen-bond acceptors (Lipinski definition) is 4. The molecule has 1 aliphatic rings. The summed E-state index contributed by atoms with van der Waals surface area (Å²) in [5.74, 6) is 1.31. The van der Waals surface area contributed by atoms with Crippen LogP contribution in [0.4, 0.5) is 5.69 Å². The molecule has 1 aliphatic heterocycles. The lowest BCUT2D eigenvalue weighted by molar-refractivity contribution is -0.116. The van der Waals surface area contributed by atoms with Gasteiger partial charge in [-0.05, 0) is 49.1 Å². The highest BCUT2D eigenvalue weighted by atomic mass is 32.2. The Kier molecular flexibility index (Phi) is 5.90. The van der Waals surface area contributed by atoms with E-state index in [9.17, 15) is 4.79 Å². The zero-order valence-electron chi connectivity index (χ0n) is 16.8. The van der Waals surface area contributed by atoms with E-state index in [1.54, 1.807) is 7.11 Å². The predicted molar refractivity (Wildman–Crippen MR) is 117 cm³/mol. The van der Waals surface area contributed by atoms with Crippen LogP contribution < -0.4 is 9.64 Å². The third-order valence-electron chi connectivity index (χ3n) is 5.22. The van der Waals surface area contributed by atoms with Crippen LogP contribution in [0.15, 0.2) is 53.7 Å². The largest absolute Gasteiger partial charge is 0.497 e. The van der Waals surface area contributed by atoms with Crippen molar-refractivity contribution < 1.29 is 9.53 Å². The monoisotopic (exact) mass is 407 g/mol. The van der Waals surface area contributed by atoms with Crippen LogP contribution >= 0.6 is 11.8 Å². The molecule has 3 aromatic rings. The predicted octanol–water partition coefficient (Wildman–Crippen LogP) is 4.39. The summed E-state index contributed by atoms with van der Waals surface area (Å²) in [6.45, 7) is 2.79. The number of benzene rings is 2. The number of amides is 1. The number of nitrogens with one attached hydrogen (secondary N) is 1. The number of thioether (sulfide) groups is 1. The molecule has 0 saturated heterocycles. The molecule has 0 unspecified atom stereocenters. The minimum Gasteiger partial charge on any atom is -0.497 e. The fourth-order valence-electron chi connectivity index (χ4n) is 3.66. The number of rotatable bonds is 6. The first-order valence-corrected chi connectivity index (χ1v) is 10.8. The van der Waals surface area contributed by atoms with Crippen LogP contribution in [-0.4, -0.2) is 35.3 Å². The quantitative estimate of drug-likeness (QED) is 0.616. The van der Waals surface area contributed by atoms with Gasteiger partial charge < -0.3 is 14.6 Å². The summed E-state index contributed by atoms with van der Waals surface area (Å²) >= 11 is 1.47. The number of carbonyl (C=O) groups is 1. The number of aromatic nitrogens is 2. The van der Waals surface area contributed by atoms with E-state index in [1.165, 1.54) is 22.9 Å². The van der Waals surface area contributed by atoms with Crippen LogP contribution in [0.25, 0.3) is 0 Å². The molecule has 0 fully saturated rings. The van der Waals surface area contributed by atoms with Crippen LogP contribution in [0.1, 0.15) is 28.9 Å². The van der Waals surface area contributed by atoms with E-state index in [1.807, 2.05) is 48.2 Å².